The van der Waals surface area contributed by atoms with Gasteiger partial charge in [-0.1, -0.05) is 56.8 Å². The van der Waals surface area contributed by atoms with Crippen LogP contribution in [0.25, 0.3) is 11.4 Å². The quantitative estimate of drug-likeness (QED) is 0.514. The highest BCUT2D eigenvalue weighted by Gasteiger charge is 2.17. The zero-order valence-electron chi connectivity index (χ0n) is 19.0. The molecule has 3 aromatic rings. The van der Waals surface area contributed by atoms with E-state index < -0.39 is 6.10 Å². The van der Waals surface area contributed by atoms with E-state index in [1.165, 1.54) is 17.3 Å². The number of aliphatic hydroxyl groups excluding tert-OH is 1. The third-order valence-corrected chi connectivity index (χ3v) is 6.22. The van der Waals surface area contributed by atoms with Gasteiger partial charge in [0, 0.05) is 12.8 Å². The third kappa shape index (κ3) is 5.60. The minimum Gasteiger partial charge on any atom is -0.496 e. The summed E-state index contributed by atoms with van der Waals surface area (Å²) >= 11 is 1.45. The minimum absolute atomic E-state index is 0.0954. The predicted molar refractivity (Wildman–Crippen MR) is 125 cm³/mol. The summed E-state index contributed by atoms with van der Waals surface area (Å²) in [6, 6.07) is 13.9. The zero-order chi connectivity index (χ0) is 22.6. The maximum Gasteiger partial charge on any atom is 0.191 e. The molecule has 0 radical (unpaired) electrons. The molecule has 0 aliphatic carbocycles. The van der Waals surface area contributed by atoms with Gasteiger partial charge in [0.15, 0.2) is 11.0 Å². The average molecular weight is 442 g/mol. The number of hydrogen-bond donors (Lipinski definition) is 1. The molecule has 1 N–H and O–H groups in total. The number of aryl methyl sites for hydroxylation is 1. The minimum atomic E-state index is -0.627. The number of aromatic nitrogens is 3. The summed E-state index contributed by atoms with van der Waals surface area (Å²) in [6.07, 6.45) is -0.627. The van der Waals surface area contributed by atoms with Crippen LogP contribution in [0, 0.1) is 6.92 Å². The summed E-state index contributed by atoms with van der Waals surface area (Å²) in [6.45, 7) is 8.82. The van der Waals surface area contributed by atoms with Crippen LogP contribution in [-0.4, -0.2) is 45.4 Å². The number of hydrogen-bond acceptors (Lipinski definition) is 6. The Morgan fingerprint density at radius 3 is 2.52 bits per heavy atom. The van der Waals surface area contributed by atoms with Crippen LogP contribution in [-0.2, 0) is 12.5 Å². The second-order valence-corrected chi connectivity index (χ2v) is 9.56. The van der Waals surface area contributed by atoms with E-state index in [4.69, 9.17) is 9.47 Å². The predicted octanol–water partition coefficient (Wildman–Crippen LogP) is 4.63. The van der Waals surface area contributed by atoms with Gasteiger partial charge in [-0.15, -0.1) is 10.2 Å². The van der Waals surface area contributed by atoms with Crippen LogP contribution in [0.1, 0.15) is 31.9 Å². The molecular formula is C24H31N3O3S. The van der Waals surface area contributed by atoms with E-state index in [1.54, 1.807) is 7.11 Å². The average Bonchev–Trinajstić information content (AvgIpc) is 3.10. The molecule has 7 heteroatoms. The Hall–Kier alpha value is -2.51. The molecule has 1 aromatic heterocycles. The molecule has 0 spiro atoms. The van der Waals surface area contributed by atoms with E-state index in [2.05, 4.69) is 43.1 Å². The van der Waals surface area contributed by atoms with Gasteiger partial charge in [0.2, 0.25) is 0 Å². The maximum atomic E-state index is 10.4. The molecule has 31 heavy (non-hydrogen) atoms. The lowest BCUT2D eigenvalue weighted by Gasteiger charge is -2.21. The van der Waals surface area contributed by atoms with Gasteiger partial charge in [0.1, 0.15) is 18.1 Å². The van der Waals surface area contributed by atoms with Gasteiger partial charge in [-0.3, -0.25) is 0 Å². The summed E-state index contributed by atoms with van der Waals surface area (Å²) in [7, 11) is 3.55. The Morgan fingerprint density at radius 2 is 1.84 bits per heavy atom. The molecule has 1 atom stereocenters. The van der Waals surface area contributed by atoms with Crippen molar-refractivity contribution < 1.29 is 14.6 Å². The monoisotopic (exact) mass is 441 g/mol. The number of rotatable bonds is 8. The van der Waals surface area contributed by atoms with Crippen molar-refractivity contribution in [3.63, 3.8) is 0 Å². The topological polar surface area (TPSA) is 69.4 Å². The highest BCUT2D eigenvalue weighted by atomic mass is 32.2. The first kappa shape index (κ1) is 23.2. The molecule has 2 aromatic carbocycles. The maximum absolute atomic E-state index is 10.4. The van der Waals surface area contributed by atoms with Crippen molar-refractivity contribution in [2.45, 2.75) is 44.4 Å². The SMILES string of the molecule is COc1ccccc1-c1nnc(SCC(O)COc2ccc(C(C)(C)C)cc2C)n1C. The van der Waals surface area contributed by atoms with Gasteiger partial charge in [0.05, 0.1) is 18.8 Å². The van der Waals surface area contributed by atoms with Crippen LogP contribution in [0.15, 0.2) is 47.6 Å². The van der Waals surface area contributed by atoms with E-state index >= 15 is 0 Å². The first-order chi connectivity index (χ1) is 14.7. The summed E-state index contributed by atoms with van der Waals surface area (Å²) in [4.78, 5) is 0. The van der Waals surface area contributed by atoms with Crippen LogP contribution >= 0.6 is 11.8 Å². The van der Waals surface area contributed by atoms with Gasteiger partial charge in [-0.25, -0.2) is 0 Å². The summed E-state index contributed by atoms with van der Waals surface area (Å²) in [5, 5.41) is 19.7. The van der Waals surface area contributed by atoms with Crippen molar-refractivity contribution in [2.24, 2.45) is 7.05 Å². The highest BCUT2D eigenvalue weighted by Crippen LogP contribution is 2.30. The Labute approximate surface area is 188 Å². The van der Waals surface area contributed by atoms with Gasteiger partial charge < -0.3 is 19.1 Å². The summed E-state index contributed by atoms with van der Waals surface area (Å²) in [5.74, 6) is 2.72. The lowest BCUT2D eigenvalue weighted by Crippen LogP contribution is -2.21. The Bertz CT molecular complexity index is 1030. The molecule has 0 fully saturated rings. The molecule has 3 rings (SSSR count). The third-order valence-electron chi connectivity index (χ3n) is 5.06. The van der Waals surface area contributed by atoms with E-state index in [0.29, 0.717) is 5.75 Å². The number of aliphatic hydroxyl groups is 1. The van der Waals surface area contributed by atoms with Crippen molar-refractivity contribution in [1.82, 2.24) is 14.8 Å². The summed E-state index contributed by atoms with van der Waals surface area (Å²) in [5.41, 5.74) is 3.31. The van der Waals surface area contributed by atoms with Gasteiger partial charge in [-0.05, 0) is 41.7 Å². The lowest BCUT2D eigenvalue weighted by molar-refractivity contribution is 0.126. The van der Waals surface area contributed by atoms with Gasteiger partial charge in [-0.2, -0.15) is 0 Å². The second-order valence-electron chi connectivity index (χ2n) is 8.57. The fourth-order valence-electron chi connectivity index (χ4n) is 3.19. The number of ether oxygens (including phenoxy) is 2. The molecule has 1 unspecified atom stereocenters. The molecule has 0 aliphatic heterocycles. The molecule has 6 nitrogen and oxygen atoms in total. The van der Waals surface area contributed by atoms with Crippen LogP contribution in [0.3, 0.4) is 0 Å². The van der Waals surface area contributed by atoms with Crippen molar-refractivity contribution in [2.75, 3.05) is 19.5 Å². The molecular weight excluding hydrogens is 410 g/mol. The number of para-hydroxylation sites is 1. The standard InChI is InChI=1S/C24H31N3O3S/c1-16-13-17(24(2,3)4)11-12-20(16)30-14-18(28)15-31-23-26-25-22(27(23)5)19-9-7-8-10-21(19)29-6/h7-13,18,28H,14-15H2,1-6H3. The normalized spacial score (nSPS) is 12.6. The fourth-order valence-corrected chi connectivity index (χ4v) is 4.00. The van der Waals surface area contributed by atoms with Gasteiger partial charge in [0.25, 0.3) is 0 Å². The van der Waals surface area contributed by atoms with Crippen LogP contribution < -0.4 is 9.47 Å². The molecule has 0 aliphatic rings. The Morgan fingerprint density at radius 1 is 1.10 bits per heavy atom. The molecule has 0 saturated carbocycles. The largest absolute Gasteiger partial charge is 0.496 e. The molecule has 1 heterocycles. The zero-order valence-corrected chi connectivity index (χ0v) is 19.9. The highest BCUT2D eigenvalue weighted by molar-refractivity contribution is 7.99. The van der Waals surface area contributed by atoms with Crippen molar-refractivity contribution in [1.29, 1.82) is 0 Å². The van der Waals surface area contributed by atoms with E-state index in [1.807, 2.05) is 48.9 Å². The first-order valence-corrected chi connectivity index (χ1v) is 11.3. The molecule has 0 saturated heterocycles. The first-order valence-electron chi connectivity index (χ1n) is 10.3. The van der Waals surface area contributed by atoms with Crippen molar-refractivity contribution in [3.05, 3.63) is 53.6 Å². The van der Waals surface area contributed by atoms with E-state index in [-0.39, 0.29) is 12.0 Å². The van der Waals surface area contributed by atoms with E-state index in [9.17, 15) is 5.11 Å². The fraction of sp³-hybridized carbons (Fsp3) is 0.417. The van der Waals surface area contributed by atoms with Crippen molar-refractivity contribution in [3.8, 4) is 22.9 Å². The molecule has 166 valence electrons. The molecule has 0 amide bonds. The lowest BCUT2D eigenvalue weighted by atomic mass is 9.86. The molecule has 0 bridgehead atoms. The van der Waals surface area contributed by atoms with Crippen LogP contribution in [0.2, 0.25) is 0 Å². The summed E-state index contributed by atoms with van der Waals surface area (Å²) < 4.78 is 13.2. The Balaban J connectivity index is 1.58. The smallest absolute Gasteiger partial charge is 0.191 e. The second kappa shape index (κ2) is 9.75. The van der Waals surface area contributed by atoms with Crippen LogP contribution in [0.4, 0.5) is 0 Å². The number of thioether (sulfide) groups is 1. The van der Waals surface area contributed by atoms with E-state index in [0.717, 1.165) is 33.6 Å². The van der Waals surface area contributed by atoms with Gasteiger partial charge >= 0.3 is 0 Å². The van der Waals surface area contributed by atoms with Crippen LogP contribution in [0.5, 0.6) is 11.5 Å². The number of benzene rings is 2. The Kier molecular flexibility index (Phi) is 7.28. The number of methoxy groups -OCH3 is 1. The number of nitrogens with zero attached hydrogens (tertiary/aromatic N) is 3. The van der Waals surface area contributed by atoms with Crippen molar-refractivity contribution >= 4 is 11.8 Å².